The van der Waals surface area contributed by atoms with Gasteiger partial charge in [0, 0.05) is 0 Å². The normalized spacial score (nSPS) is 13.0. The van der Waals surface area contributed by atoms with Crippen molar-refractivity contribution in [1.82, 2.24) is 5.73 Å². The highest BCUT2D eigenvalue weighted by Crippen LogP contribution is 2.17. The highest BCUT2D eigenvalue weighted by Gasteiger charge is 2.06. The van der Waals surface area contributed by atoms with Crippen molar-refractivity contribution in [3.05, 3.63) is 24.3 Å². The van der Waals surface area contributed by atoms with Crippen LogP contribution in [0.2, 0.25) is 0 Å². The first-order valence-electron chi connectivity index (χ1n) is 2.86. The monoisotopic (exact) mass is 154 g/mol. The number of hydrogen-bond donors (Lipinski definition) is 0. The molecule has 1 atom stereocenters. The Bertz CT molecular complexity index is 225. The van der Waals surface area contributed by atoms with E-state index in [0.29, 0.717) is 10.6 Å². The van der Waals surface area contributed by atoms with E-state index in [-0.39, 0.29) is 0 Å². The van der Waals surface area contributed by atoms with E-state index in [1.54, 1.807) is 30.5 Å². The van der Waals surface area contributed by atoms with Gasteiger partial charge in [-0.05, 0) is 23.3 Å². The standard InChI is InChI=1S/C7H8NOS/c1-10(9)7-5-3-2-4-6(7)8/h2-5,8H,1H3. The van der Waals surface area contributed by atoms with Gasteiger partial charge in [0.1, 0.15) is 11.9 Å². The molecular formula is C7H8NOS. The van der Waals surface area contributed by atoms with Crippen molar-refractivity contribution in [3.8, 4) is 0 Å². The van der Waals surface area contributed by atoms with Crippen LogP contribution in [0.1, 0.15) is 0 Å². The van der Waals surface area contributed by atoms with E-state index in [4.69, 9.17) is 5.73 Å². The Morgan fingerprint density at radius 1 is 1.40 bits per heavy atom. The summed E-state index contributed by atoms with van der Waals surface area (Å²) in [6, 6.07) is 6.89. The fourth-order valence-electron chi connectivity index (χ4n) is 0.717. The molecule has 0 aromatic heterocycles. The maximum Gasteiger partial charge on any atom is 0.177 e. The van der Waals surface area contributed by atoms with Crippen molar-refractivity contribution in [1.29, 1.82) is 0 Å². The van der Waals surface area contributed by atoms with Crippen LogP contribution >= 0.6 is 0 Å². The summed E-state index contributed by atoms with van der Waals surface area (Å²) in [5.41, 5.74) is 7.66. The predicted octanol–water partition coefficient (Wildman–Crippen LogP) is 1.34. The molecule has 0 aliphatic rings. The van der Waals surface area contributed by atoms with Crippen LogP contribution in [-0.2, 0) is 11.2 Å². The van der Waals surface area contributed by atoms with Gasteiger partial charge >= 0.3 is 0 Å². The Labute approximate surface area is 63.2 Å². The molecule has 1 radical (unpaired) electrons. The molecule has 53 valence electrons. The van der Waals surface area contributed by atoms with Crippen molar-refractivity contribution in [2.45, 2.75) is 4.90 Å². The Kier molecular flexibility index (Phi) is 2.19. The average molecular weight is 154 g/mol. The summed E-state index contributed by atoms with van der Waals surface area (Å²) < 4.78 is 10.9. The van der Waals surface area contributed by atoms with E-state index in [9.17, 15) is 4.55 Å². The second-order valence-corrected chi connectivity index (χ2v) is 3.30. The fourth-order valence-corrected chi connectivity index (χ4v) is 1.37. The third-order valence-corrected chi connectivity index (χ3v) is 2.17. The third-order valence-electron chi connectivity index (χ3n) is 1.20. The minimum atomic E-state index is -1.03. The van der Waals surface area contributed by atoms with Gasteiger partial charge in [0.25, 0.3) is 0 Å². The van der Waals surface area contributed by atoms with Crippen LogP contribution in [0, 0.1) is 0 Å². The Morgan fingerprint density at radius 2 is 2.00 bits per heavy atom. The van der Waals surface area contributed by atoms with Crippen LogP contribution in [-0.4, -0.2) is 10.8 Å². The molecule has 0 fully saturated rings. The molecule has 0 aliphatic heterocycles. The molecule has 0 spiro atoms. The first-order valence-corrected chi connectivity index (χ1v) is 4.41. The van der Waals surface area contributed by atoms with Gasteiger partial charge in [-0.15, -0.1) is 0 Å². The van der Waals surface area contributed by atoms with Crippen LogP contribution in [0.4, 0.5) is 5.69 Å². The zero-order chi connectivity index (χ0) is 7.56. The lowest BCUT2D eigenvalue weighted by Crippen LogP contribution is -1.97. The summed E-state index contributed by atoms with van der Waals surface area (Å²) in [6.07, 6.45) is 1.58. The number of hydrogen-bond acceptors (Lipinski definition) is 1. The summed E-state index contributed by atoms with van der Waals surface area (Å²) in [6.45, 7) is 0. The van der Waals surface area contributed by atoms with Gasteiger partial charge in [-0.25, -0.2) is 0 Å². The molecule has 10 heavy (non-hydrogen) atoms. The lowest BCUT2D eigenvalue weighted by atomic mass is 10.3. The van der Waals surface area contributed by atoms with Crippen LogP contribution in [0.15, 0.2) is 29.2 Å². The summed E-state index contributed by atoms with van der Waals surface area (Å²) in [4.78, 5) is 0.600. The van der Waals surface area contributed by atoms with E-state index in [0.717, 1.165) is 0 Å². The molecule has 1 aromatic carbocycles. The molecular weight excluding hydrogens is 146 g/mol. The van der Waals surface area contributed by atoms with Crippen LogP contribution in [0.25, 0.3) is 0 Å². The molecule has 3 heteroatoms. The molecule has 0 heterocycles. The first-order chi connectivity index (χ1) is 4.72. The summed E-state index contributed by atoms with van der Waals surface area (Å²) in [7, 11) is 0. The molecule has 0 aliphatic carbocycles. The van der Waals surface area contributed by atoms with Crippen LogP contribution in [0.3, 0.4) is 0 Å². The van der Waals surface area contributed by atoms with Gasteiger partial charge in [0.2, 0.25) is 0 Å². The maximum atomic E-state index is 10.9. The van der Waals surface area contributed by atoms with Crippen molar-refractivity contribution in [3.63, 3.8) is 0 Å². The summed E-state index contributed by atoms with van der Waals surface area (Å²) in [5, 5.41) is 0. The number of rotatable bonds is 1. The van der Waals surface area contributed by atoms with E-state index in [1.807, 2.05) is 0 Å². The SMILES string of the molecule is C[S+]([O-])c1ccccc1[NH]. The van der Waals surface area contributed by atoms with E-state index < -0.39 is 11.2 Å². The highest BCUT2D eigenvalue weighted by atomic mass is 32.2. The maximum absolute atomic E-state index is 10.9. The van der Waals surface area contributed by atoms with Gasteiger partial charge in [0.15, 0.2) is 4.90 Å². The van der Waals surface area contributed by atoms with Crippen LogP contribution in [0.5, 0.6) is 0 Å². The quantitative estimate of drug-likeness (QED) is 0.563. The van der Waals surface area contributed by atoms with Crippen molar-refractivity contribution >= 4 is 16.9 Å². The van der Waals surface area contributed by atoms with Crippen LogP contribution < -0.4 is 5.73 Å². The van der Waals surface area contributed by atoms with E-state index in [2.05, 4.69) is 0 Å². The van der Waals surface area contributed by atoms with E-state index >= 15 is 0 Å². The molecule has 0 amide bonds. The zero-order valence-electron chi connectivity index (χ0n) is 5.63. The molecule has 0 saturated heterocycles. The van der Waals surface area contributed by atoms with Crippen molar-refractivity contribution in [2.24, 2.45) is 0 Å². The third kappa shape index (κ3) is 1.43. The second-order valence-electron chi connectivity index (χ2n) is 1.95. The fraction of sp³-hybridized carbons (Fsp3) is 0.143. The Balaban J connectivity index is 3.03. The predicted molar refractivity (Wildman–Crippen MR) is 41.5 cm³/mol. The first kappa shape index (κ1) is 7.44. The largest absolute Gasteiger partial charge is 0.612 e. The molecule has 0 saturated carbocycles. The van der Waals surface area contributed by atoms with Gasteiger partial charge in [-0.3, -0.25) is 5.73 Å². The van der Waals surface area contributed by atoms with Gasteiger partial charge in [-0.2, -0.15) is 0 Å². The average Bonchev–Trinajstić information content (AvgIpc) is 1.88. The number of benzene rings is 1. The van der Waals surface area contributed by atoms with Gasteiger partial charge in [0.05, 0.1) is 0 Å². The highest BCUT2D eigenvalue weighted by molar-refractivity contribution is 7.90. The molecule has 1 N–H and O–H groups in total. The molecule has 2 nitrogen and oxygen atoms in total. The lowest BCUT2D eigenvalue weighted by molar-refractivity contribution is 0.601. The Morgan fingerprint density at radius 3 is 2.40 bits per heavy atom. The Hall–Kier alpha value is -0.670. The minimum absolute atomic E-state index is 0.350. The summed E-state index contributed by atoms with van der Waals surface area (Å²) >= 11 is -1.03. The molecule has 0 bridgehead atoms. The lowest BCUT2D eigenvalue weighted by Gasteiger charge is -2.04. The minimum Gasteiger partial charge on any atom is -0.612 e. The van der Waals surface area contributed by atoms with Crippen molar-refractivity contribution < 1.29 is 4.55 Å². The van der Waals surface area contributed by atoms with E-state index in [1.165, 1.54) is 0 Å². The smallest absolute Gasteiger partial charge is 0.177 e. The molecule has 1 unspecified atom stereocenters. The topological polar surface area (TPSA) is 46.9 Å². The zero-order valence-corrected chi connectivity index (χ0v) is 6.44. The number of nitrogens with one attached hydrogen (secondary N) is 1. The summed E-state index contributed by atoms with van der Waals surface area (Å²) in [5.74, 6) is 0. The van der Waals surface area contributed by atoms with Crippen molar-refractivity contribution in [2.75, 3.05) is 6.26 Å². The van der Waals surface area contributed by atoms with Gasteiger partial charge < -0.3 is 4.55 Å². The van der Waals surface area contributed by atoms with Gasteiger partial charge in [-0.1, -0.05) is 12.1 Å². The second kappa shape index (κ2) is 2.94. The molecule has 1 aromatic rings. The molecule has 1 rings (SSSR count).